The molecule has 1 aliphatic heterocycles. The molecule has 162 valence electrons. The number of primary amides is 1. The second kappa shape index (κ2) is 8.57. The van der Waals surface area contributed by atoms with E-state index >= 15 is 0 Å². The lowest BCUT2D eigenvalue weighted by atomic mass is 10.1. The lowest BCUT2D eigenvalue weighted by Crippen LogP contribution is -2.40. The van der Waals surface area contributed by atoms with E-state index in [1.807, 2.05) is 0 Å². The highest BCUT2D eigenvalue weighted by Crippen LogP contribution is 2.31. The summed E-state index contributed by atoms with van der Waals surface area (Å²) in [6, 6.07) is 5.62. The Hall–Kier alpha value is -3.48. The molecule has 2 aromatic heterocycles. The topological polar surface area (TPSA) is 98.5 Å². The molecule has 11 heteroatoms. The average molecular weight is 473 g/mol. The molecule has 1 aliphatic rings. The second-order valence-corrected chi connectivity index (χ2v) is 7.91. The van der Waals surface area contributed by atoms with E-state index in [1.165, 1.54) is 18.3 Å². The third kappa shape index (κ3) is 4.02. The van der Waals surface area contributed by atoms with Crippen LogP contribution in [0.1, 0.15) is 21.6 Å². The molecule has 0 radical (unpaired) electrons. The Balaban J connectivity index is 1.61. The molecule has 3 aromatic rings. The van der Waals surface area contributed by atoms with Crippen molar-refractivity contribution >= 4 is 40.7 Å². The molecule has 0 fully saturated rings. The summed E-state index contributed by atoms with van der Waals surface area (Å²) >= 11 is 11.9. The van der Waals surface area contributed by atoms with E-state index in [4.69, 9.17) is 35.5 Å². The molecule has 8 nitrogen and oxygen atoms in total. The SMILES string of the molecule is [C-]#[N+]c1ccc(CC(=O)N2CCn3nc(-c4cnc(Cl)c(Cl)c4)c(C(N)=O)c3C2)cc1F. The molecule has 0 spiro atoms. The van der Waals surface area contributed by atoms with Crippen LogP contribution in [0.15, 0.2) is 30.5 Å². The molecule has 2 N–H and O–H groups in total. The predicted octanol–water partition coefficient (Wildman–Crippen LogP) is 3.63. The minimum atomic E-state index is -0.696. The van der Waals surface area contributed by atoms with Gasteiger partial charge in [-0.3, -0.25) is 14.3 Å². The highest BCUT2D eigenvalue weighted by Gasteiger charge is 2.30. The van der Waals surface area contributed by atoms with E-state index in [1.54, 1.807) is 21.7 Å². The number of hydrogen-bond acceptors (Lipinski definition) is 4. The standard InChI is InChI=1S/C21H15Cl2FN6O2/c1-26-15-3-2-11(6-14(15)24)7-17(31)29-4-5-30-16(10-29)18(21(25)32)19(28-30)12-8-13(22)20(23)27-9-12/h2-3,6,8-9H,4-5,7,10H2,(H2,25,32). The van der Waals surface area contributed by atoms with Gasteiger partial charge in [0.1, 0.15) is 16.7 Å². The van der Waals surface area contributed by atoms with Crippen LogP contribution in [0.3, 0.4) is 0 Å². The van der Waals surface area contributed by atoms with Crippen molar-refractivity contribution < 1.29 is 14.0 Å². The minimum Gasteiger partial charge on any atom is -0.365 e. The van der Waals surface area contributed by atoms with Crippen molar-refractivity contribution in [2.45, 2.75) is 19.5 Å². The van der Waals surface area contributed by atoms with Crippen LogP contribution in [0.4, 0.5) is 10.1 Å². The Bertz CT molecular complexity index is 1300. The molecule has 32 heavy (non-hydrogen) atoms. The molecule has 3 heterocycles. The summed E-state index contributed by atoms with van der Waals surface area (Å²) in [5.74, 6) is -1.61. The van der Waals surface area contributed by atoms with Gasteiger partial charge in [-0.1, -0.05) is 35.3 Å². The number of nitrogens with two attached hydrogens (primary N) is 1. The van der Waals surface area contributed by atoms with Crippen LogP contribution in [0.2, 0.25) is 10.2 Å². The molecule has 0 saturated carbocycles. The number of carbonyl (C=O) groups excluding carboxylic acids is 2. The predicted molar refractivity (Wildman–Crippen MR) is 116 cm³/mol. The molecule has 4 rings (SSSR count). The summed E-state index contributed by atoms with van der Waals surface area (Å²) in [5.41, 5.74) is 7.45. The van der Waals surface area contributed by atoms with E-state index in [0.29, 0.717) is 35.6 Å². The maximum atomic E-state index is 13.9. The fraction of sp³-hybridized carbons (Fsp3) is 0.190. The van der Waals surface area contributed by atoms with E-state index in [-0.39, 0.29) is 40.3 Å². The van der Waals surface area contributed by atoms with Crippen LogP contribution in [0, 0.1) is 12.4 Å². The lowest BCUT2D eigenvalue weighted by molar-refractivity contribution is -0.132. The van der Waals surface area contributed by atoms with Gasteiger partial charge in [-0.2, -0.15) is 5.10 Å². The van der Waals surface area contributed by atoms with Crippen LogP contribution in [0.5, 0.6) is 0 Å². The first kappa shape index (κ1) is 21.7. The van der Waals surface area contributed by atoms with Crippen LogP contribution >= 0.6 is 23.2 Å². The molecule has 0 aliphatic carbocycles. The molecule has 0 atom stereocenters. The van der Waals surface area contributed by atoms with Gasteiger partial charge in [0.15, 0.2) is 0 Å². The number of rotatable bonds is 4. The summed E-state index contributed by atoms with van der Waals surface area (Å²) in [6.07, 6.45) is 1.40. The van der Waals surface area contributed by atoms with Crippen LogP contribution < -0.4 is 5.73 Å². The molecule has 0 saturated heterocycles. The van der Waals surface area contributed by atoms with Gasteiger partial charge in [0.2, 0.25) is 11.6 Å². The Morgan fingerprint density at radius 2 is 2.03 bits per heavy atom. The third-order valence-corrected chi connectivity index (χ3v) is 5.82. The Morgan fingerprint density at radius 1 is 1.25 bits per heavy atom. The van der Waals surface area contributed by atoms with Gasteiger partial charge in [-0.15, -0.1) is 0 Å². The summed E-state index contributed by atoms with van der Waals surface area (Å²) in [4.78, 5) is 33.7. The molecular weight excluding hydrogens is 458 g/mol. The first-order chi connectivity index (χ1) is 15.3. The quantitative estimate of drug-likeness (QED) is 0.462. The maximum Gasteiger partial charge on any atom is 0.252 e. The van der Waals surface area contributed by atoms with Gasteiger partial charge in [-0.25, -0.2) is 14.2 Å². The van der Waals surface area contributed by atoms with Crippen molar-refractivity contribution in [2.24, 2.45) is 5.73 Å². The van der Waals surface area contributed by atoms with Crippen molar-refractivity contribution in [1.29, 1.82) is 0 Å². The van der Waals surface area contributed by atoms with Crippen LogP contribution in [0.25, 0.3) is 16.1 Å². The average Bonchev–Trinajstić information content (AvgIpc) is 3.14. The summed E-state index contributed by atoms with van der Waals surface area (Å²) in [6.45, 7) is 7.73. The first-order valence-corrected chi connectivity index (χ1v) is 10.2. The third-order valence-electron chi connectivity index (χ3n) is 5.14. The van der Waals surface area contributed by atoms with Crippen molar-refractivity contribution in [3.8, 4) is 11.3 Å². The molecule has 1 aromatic carbocycles. The van der Waals surface area contributed by atoms with E-state index < -0.39 is 11.7 Å². The Kier molecular flexibility index (Phi) is 5.82. The zero-order valence-corrected chi connectivity index (χ0v) is 18.0. The van der Waals surface area contributed by atoms with Gasteiger partial charge in [0.25, 0.3) is 5.91 Å². The highest BCUT2D eigenvalue weighted by molar-refractivity contribution is 6.41. The number of halogens is 3. The highest BCUT2D eigenvalue weighted by atomic mass is 35.5. The number of hydrogen-bond donors (Lipinski definition) is 1. The van der Waals surface area contributed by atoms with Crippen LogP contribution in [-0.2, 0) is 24.3 Å². The normalized spacial score (nSPS) is 12.9. The second-order valence-electron chi connectivity index (χ2n) is 7.14. The molecule has 0 unspecified atom stereocenters. The minimum absolute atomic E-state index is 0.0428. The van der Waals surface area contributed by atoms with Gasteiger partial charge in [0.05, 0.1) is 42.4 Å². The Morgan fingerprint density at radius 3 is 2.69 bits per heavy atom. The summed E-state index contributed by atoms with van der Waals surface area (Å²) in [5, 5.41) is 4.81. The van der Waals surface area contributed by atoms with E-state index in [9.17, 15) is 14.0 Å². The zero-order chi connectivity index (χ0) is 23.0. The maximum absolute atomic E-state index is 13.9. The van der Waals surface area contributed by atoms with Crippen molar-refractivity contribution in [1.82, 2.24) is 19.7 Å². The van der Waals surface area contributed by atoms with Crippen LogP contribution in [-0.4, -0.2) is 38.0 Å². The zero-order valence-electron chi connectivity index (χ0n) is 16.5. The van der Waals surface area contributed by atoms with Crippen molar-refractivity contribution in [2.75, 3.05) is 6.54 Å². The number of aromatic nitrogens is 3. The molecule has 0 bridgehead atoms. The summed E-state index contributed by atoms with van der Waals surface area (Å²) < 4.78 is 15.5. The van der Waals surface area contributed by atoms with Gasteiger partial charge >= 0.3 is 0 Å². The number of carbonyl (C=O) groups is 2. The smallest absolute Gasteiger partial charge is 0.252 e. The monoisotopic (exact) mass is 472 g/mol. The van der Waals surface area contributed by atoms with E-state index in [2.05, 4.69) is 14.9 Å². The van der Waals surface area contributed by atoms with Gasteiger partial charge in [0, 0.05) is 18.3 Å². The number of pyridine rings is 1. The lowest BCUT2D eigenvalue weighted by Gasteiger charge is -2.28. The first-order valence-electron chi connectivity index (χ1n) is 9.43. The molecule has 2 amide bonds. The van der Waals surface area contributed by atoms with Crippen molar-refractivity contribution in [3.63, 3.8) is 0 Å². The van der Waals surface area contributed by atoms with Gasteiger partial charge < -0.3 is 10.6 Å². The van der Waals surface area contributed by atoms with E-state index in [0.717, 1.165) is 0 Å². The number of nitrogens with zero attached hydrogens (tertiary/aromatic N) is 5. The Labute approximate surface area is 192 Å². The van der Waals surface area contributed by atoms with Crippen molar-refractivity contribution in [3.05, 3.63) is 74.7 Å². The fourth-order valence-corrected chi connectivity index (χ4v) is 3.85. The molecular formula is C21H15Cl2FN6O2. The number of benzene rings is 1. The largest absolute Gasteiger partial charge is 0.365 e. The fourth-order valence-electron chi connectivity index (χ4n) is 3.58. The van der Waals surface area contributed by atoms with Gasteiger partial charge in [-0.05, 0) is 17.7 Å². The number of fused-ring (bicyclic) bond motifs is 1. The summed E-state index contributed by atoms with van der Waals surface area (Å²) in [7, 11) is 0. The number of amides is 2.